The molecule has 0 radical (unpaired) electrons. The molecular weight excluding hydrogens is 287 g/mol. The Morgan fingerprint density at radius 1 is 1.12 bits per heavy atom. The summed E-state index contributed by atoms with van der Waals surface area (Å²) < 4.78 is 2.39. The third-order valence-electron chi connectivity index (χ3n) is 2.17. The van der Waals surface area contributed by atoms with Gasteiger partial charge in [0.25, 0.3) is 0 Å². The van der Waals surface area contributed by atoms with E-state index in [0.29, 0.717) is 19.7 Å². The molecule has 2 rings (SSSR count). The van der Waals surface area contributed by atoms with Crippen molar-refractivity contribution in [3.05, 3.63) is 37.9 Å². The van der Waals surface area contributed by atoms with Crippen LogP contribution in [-0.4, -0.2) is 9.78 Å². The first-order chi connectivity index (χ1) is 7.49. The van der Waals surface area contributed by atoms with Gasteiger partial charge in [-0.15, -0.1) is 0 Å². The first kappa shape index (κ1) is 12.0. The smallest absolute Gasteiger partial charge is 0.120 e. The van der Waals surface area contributed by atoms with Crippen LogP contribution in [0.3, 0.4) is 0 Å². The first-order valence-corrected chi connectivity index (χ1v) is 5.94. The summed E-state index contributed by atoms with van der Waals surface area (Å²) >= 11 is 23.1. The second-order valence-electron chi connectivity index (χ2n) is 3.31. The Labute approximate surface area is 113 Å². The number of halogens is 3. The number of H-pyrrole nitrogens is 1. The van der Waals surface area contributed by atoms with E-state index in [9.17, 15) is 0 Å². The summed E-state index contributed by atoms with van der Waals surface area (Å²) in [6, 6.07) is 5.11. The molecule has 0 aliphatic heterocycles. The van der Waals surface area contributed by atoms with Crippen molar-refractivity contribution >= 4 is 47.0 Å². The normalized spacial score (nSPS) is 10.8. The maximum absolute atomic E-state index is 6.12. The second kappa shape index (κ2) is 4.41. The van der Waals surface area contributed by atoms with Crippen molar-refractivity contribution in [1.29, 1.82) is 0 Å². The summed E-state index contributed by atoms with van der Waals surface area (Å²) in [4.78, 5) is 0. The standard InChI is InChI=1S/C10H7Cl3N2S/c1-15-8(4-9(16)14-15)10-6(12)2-5(11)3-7(10)13/h2-4H,1H3,(H,14,16). The zero-order chi connectivity index (χ0) is 11.9. The van der Waals surface area contributed by atoms with Crippen LogP contribution in [0.25, 0.3) is 11.3 Å². The van der Waals surface area contributed by atoms with E-state index in [-0.39, 0.29) is 0 Å². The van der Waals surface area contributed by atoms with Gasteiger partial charge in [0.2, 0.25) is 0 Å². The third-order valence-corrected chi connectivity index (χ3v) is 3.19. The monoisotopic (exact) mass is 292 g/mol. The zero-order valence-corrected chi connectivity index (χ0v) is 11.3. The van der Waals surface area contributed by atoms with E-state index in [1.54, 1.807) is 22.9 Å². The summed E-state index contributed by atoms with van der Waals surface area (Å²) in [5.74, 6) is 0. The lowest BCUT2D eigenvalue weighted by Gasteiger charge is -2.08. The van der Waals surface area contributed by atoms with Crippen LogP contribution in [0.1, 0.15) is 0 Å². The highest BCUT2D eigenvalue weighted by molar-refractivity contribution is 7.71. The molecule has 0 fully saturated rings. The van der Waals surface area contributed by atoms with Crippen molar-refractivity contribution in [1.82, 2.24) is 9.78 Å². The molecule has 16 heavy (non-hydrogen) atoms. The molecule has 1 N–H and O–H groups in total. The van der Waals surface area contributed by atoms with Crippen LogP contribution >= 0.6 is 47.0 Å². The average molecular weight is 294 g/mol. The van der Waals surface area contributed by atoms with E-state index in [1.165, 1.54) is 0 Å². The number of nitrogens with one attached hydrogen (secondary N) is 1. The molecule has 0 aliphatic carbocycles. The minimum Gasteiger partial charge on any atom is -0.289 e. The van der Waals surface area contributed by atoms with Crippen molar-refractivity contribution in [2.45, 2.75) is 0 Å². The molecule has 6 heteroatoms. The Hall–Kier alpha value is -0.480. The number of aryl methyl sites for hydroxylation is 1. The Morgan fingerprint density at radius 3 is 2.12 bits per heavy atom. The maximum atomic E-state index is 6.12. The highest BCUT2D eigenvalue weighted by Gasteiger charge is 2.13. The van der Waals surface area contributed by atoms with E-state index >= 15 is 0 Å². The third kappa shape index (κ3) is 2.13. The Kier molecular flexibility index (Phi) is 3.31. The predicted octanol–water partition coefficient (Wildman–Crippen LogP) is 4.71. The van der Waals surface area contributed by atoms with E-state index in [4.69, 9.17) is 47.0 Å². The molecule has 2 nitrogen and oxygen atoms in total. The fraction of sp³-hybridized carbons (Fsp3) is 0.100. The molecule has 2 aromatic rings. The minimum absolute atomic E-state index is 0.502. The fourth-order valence-electron chi connectivity index (χ4n) is 1.51. The van der Waals surface area contributed by atoms with Crippen LogP contribution in [0.4, 0.5) is 0 Å². The lowest BCUT2D eigenvalue weighted by atomic mass is 10.1. The molecule has 1 heterocycles. The van der Waals surface area contributed by atoms with Crippen LogP contribution < -0.4 is 0 Å². The van der Waals surface area contributed by atoms with Gasteiger partial charge in [-0.25, -0.2) is 0 Å². The van der Waals surface area contributed by atoms with Gasteiger partial charge in [-0.1, -0.05) is 47.0 Å². The number of benzene rings is 1. The summed E-state index contributed by atoms with van der Waals surface area (Å²) in [6.45, 7) is 0. The van der Waals surface area contributed by atoms with Crippen molar-refractivity contribution in [3.8, 4) is 11.3 Å². The highest BCUT2D eigenvalue weighted by Crippen LogP contribution is 2.36. The highest BCUT2D eigenvalue weighted by atomic mass is 35.5. The SMILES string of the molecule is Cn1[nH]c(=S)cc1-c1c(Cl)cc(Cl)cc1Cl. The first-order valence-electron chi connectivity index (χ1n) is 4.40. The summed E-state index contributed by atoms with van der Waals surface area (Å²) in [5, 5.41) is 4.47. The van der Waals surface area contributed by atoms with Gasteiger partial charge in [0.05, 0.1) is 15.7 Å². The number of aromatic nitrogens is 2. The van der Waals surface area contributed by atoms with Gasteiger partial charge in [0.1, 0.15) is 4.64 Å². The van der Waals surface area contributed by atoms with Gasteiger partial charge < -0.3 is 0 Å². The Bertz CT molecular complexity index is 577. The van der Waals surface area contributed by atoms with E-state index < -0.39 is 0 Å². The molecule has 0 aliphatic rings. The topological polar surface area (TPSA) is 20.7 Å². The van der Waals surface area contributed by atoms with Gasteiger partial charge in [-0.3, -0.25) is 9.78 Å². The summed E-state index contributed by atoms with van der Waals surface area (Å²) in [7, 11) is 1.84. The largest absolute Gasteiger partial charge is 0.289 e. The molecule has 0 bridgehead atoms. The zero-order valence-electron chi connectivity index (χ0n) is 8.22. The number of rotatable bonds is 1. The molecule has 0 atom stereocenters. The van der Waals surface area contributed by atoms with Crippen molar-refractivity contribution in [2.24, 2.45) is 7.05 Å². The molecule has 1 aromatic carbocycles. The van der Waals surface area contributed by atoms with Crippen molar-refractivity contribution < 1.29 is 0 Å². The number of nitrogens with zero attached hydrogens (tertiary/aromatic N) is 1. The van der Waals surface area contributed by atoms with Crippen LogP contribution in [-0.2, 0) is 7.05 Å². The lowest BCUT2D eigenvalue weighted by Crippen LogP contribution is -1.94. The summed E-state index contributed by atoms with van der Waals surface area (Å²) in [6.07, 6.45) is 0. The van der Waals surface area contributed by atoms with E-state index in [1.807, 2.05) is 7.05 Å². The molecule has 0 amide bonds. The number of hydrogen-bond acceptors (Lipinski definition) is 1. The van der Waals surface area contributed by atoms with E-state index in [0.717, 1.165) is 11.3 Å². The van der Waals surface area contributed by atoms with Gasteiger partial charge in [-0.2, -0.15) is 0 Å². The minimum atomic E-state index is 0.502. The average Bonchev–Trinajstić information content (AvgIpc) is 2.43. The van der Waals surface area contributed by atoms with Gasteiger partial charge >= 0.3 is 0 Å². The summed E-state index contributed by atoms with van der Waals surface area (Å²) in [5.41, 5.74) is 1.55. The molecule has 1 aromatic heterocycles. The molecule has 0 saturated heterocycles. The van der Waals surface area contributed by atoms with Crippen LogP contribution in [0, 0.1) is 4.64 Å². The van der Waals surface area contributed by atoms with Crippen LogP contribution in [0.15, 0.2) is 18.2 Å². The quantitative estimate of drug-likeness (QED) is 0.755. The number of aromatic amines is 1. The van der Waals surface area contributed by atoms with Gasteiger partial charge in [0, 0.05) is 23.7 Å². The predicted molar refractivity (Wildman–Crippen MR) is 71.1 cm³/mol. The maximum Gasteiger partial charge on any atom is 0.120 e. The van der Waals surface area contributed by atoms with E-state index in [2.05, 4.69) is 5.10 Å². The molecule has 0 saturated carbocycles. The van der Waals surface area contributed by atoms with Gasteiger partial charge in [0.15, 0.2) is 0 Å². The molecule has 0 unspecified atom stereocenters. The Morgan fingerprint density at radius 2 is 1.69 bits per heavy atom. The van der Waals surface area contributed by atoms with Gasteiger partial charge in [-0.05, 0) is 12.1 Å². The van der Waals surface area contributed by atoms with Crippen molar-refractivity contribution in [2.75, 3.05) is 0 Å². The molecular formula is C10H7Cl3N2S. The molecule has 84 valence electrons. The Balaban J connectivity index is 2.74. The molecule has 0 spiro atoms. The number of hydrogen-bond donors (Lipinski definition) is 1. The van der Waals surface area contributed by atoms with Crippen LogP contribution in [0.5, 0.6) is 0 Å². The van der Waals surface area contributed by atoms with Crippen molar-refractivity contribution in [3.63, 3.8) is 0 Å². The van der Waals surface area contributed by atoms with Crippen LogP contribution in [0.2, 0.25) is 15.1 Å². The fourth-order valence-corrected chi connectivity index (χ4v) is 2.76. The second-order valence-corrected chi connectivity index (χ2v) is 5.00. The lowest BCUT2D eigenvalue weighted by molar-refractivity contribution is 0.771.